The second kappa shape index (κ2) is 7.54. The second-order valence-electron chi connectivity index (χ2n) is 6.75. The van der Waals surface area contributed by atoms with Gasteiger partial charge in [-0.1, -0.05) is 36.4 Å². The van der Waals surface area contributed by atoms with E-state index in [9.17, 15) is 4.79 Å². The van der Waals surface area contributed by atoms with Crippen LogP contribution in [-0.4, -0.2) is 39.2 Å². The van der Waals surface area contributed by atoms with Crippen molar-refractivity contribution in [3.63, 3.8) is 0 Å². The monoisotopic (exact) mass is 365 g/mol. The molecule has 0 unspecified atom stereocenters. The Balaban J connectivity index is 1.44. The first kappa shape index (κ1) is 17.2. The fraction of sp³-hybridized carbons (Fsp3) is 0.333. The number of hydrogen-bond acceptors (Lipinski definition) is 3. The Labute approximate surface area is 158 Å². The quantitative estimate of drug-likeness (QED) is 0.703. The van der Waals surface area contributed by atoms with Gasteiger partial charge in [0.05, 0.1) is 17.4 Å². The lowest BCUT2D eigenvalue weighted by Crippen LogP contribution is -2.35. The summed E-state index contributed by atoms with van der Waals surface area (Å²) in [6.45, 7) is 4.17. The Morgan fingerprint density at radius 2 is 1.96 bits per heavy atom. The van der Waals surface area contributed by atoms with Gasteiger partial charge in [0, 0.05) is 24.1 Å². The first-order chi connectivity index (χ1) is 12.7. The molecule has 2 aromatic carbocycles. The van der Waals surface area contributed by atoms with E-state index in [1.165, 1.54) is 11.1 Å². The van der Waals surface area contributed by atoms with Crippen molar-refractivity contribution in [2.45, 2.75) is 25.1 Å². The summed E-state index contributed by atoms with van der Waals surface area (Å²) >= 11 is 1.97. The molecular formula is C21H23N3OS. The van der Waals surface area contributed by atoms with Crippen molar-refractivity contribution in [3.05, 3.63) is 66.0 Å². The molecule has 26 heavy (non-hydrogen) atoms. The predicted octanol–water partition coefficient (Wildman–Crippen LogP) is 4.05. The molecule has 1 saturated heterocycles. The summed E-state index contributed by atoms with van der Waals surface area (Å²) in [6.07, 6.45) is 2.78. The van der Waals surface area contributed by atoms with Crippen molar-refractivity contribution < 1.29 is 4.79 Å². The third-order valence-electron chi connectivity index (χ3n) is 5.06. The maximum absolute atomic E-state index is 12.8. The summed E-state index contributed by atoms with van der Waals surface area (Å²) in [7, 11) is 0. The smallest absolute Gasteiger partial charge is 0.242 e. The molecule has 0 radical (unpaired) electrons. The third kappa shape index (κ3) is 3.49. The number of carbonyl (C=O) groups is 1. The number of carbonyl (C=O) groups excluding carboxylic acids is 1. The molecule has 5 heteroatoms. The number of rotatable bonds is 3. The number of para-hydroxylation sites is 2. The van der Waals surface area contributed by atoms with Gasteiger partial charge in [0.2, 0.25) is 5.91 Å². The van der Waals surface area contributed by atoms with Gasteiger partial charge >= 0.3 is 0 Å². The number of hydrogen-bond donors (Lipinski definition) is 0. The zero-order chi connectivity index (χ0) is 17.9. The average Bonchev–Trinajstić information content (AvgIpc) is 2.90. The molecule has 4 nitrogen and oxygen atoms in total. The number of aryl methyl sites for hydroxylation is 1. The molecule has 1 amide bonds. The van der Waals surface area contributed by atoms with Crippen molar-refractivity contribution >= 4 is 28.7 Å². The van der Waals surface area contributed by atoms with E-state index in [0.29, 0.717) is 11.8 Å². The van der Waals surface area contributed by atoms with Gasteiger partial charge in [-0.25, -0.2) is 4.98 Å². The van der Waals surface area contributed by atoms with Crippen LogP contribution in [0.2, 0.25) is 0 Å². The van der Waals surface area contributed by atoms with Crippen LogP contribution in [0.15, 0.2) is 54.9 Å². The average molecular weight is 366 g/mol. The number of amides is 1. The Hall–Kier alpha value is -2.27. The van der Waals surface area contributed by atoms with Crippen LogP contribution in [0.4, 0.5) is 0 Å². The molecular weight excluding hydrogens is 342 g/mol. The Kier molecular flexibility index (Phi) is 4.98. The summed E-state index contributed by atoms with van der Waals surface area (Å²) in [5.74, 6) is 1.16. The van der Waals surface area contributed by atoms with Gasteiger partial charge in [0.1, 0.15) is 6.54 Å². The molecule has 4 rings (SSSR count). The van der Waals surface area contributed by atoms with E-state index in [1.807, 2.05) is 45.5 Å². The van der Waals surface area contributed by atoms with Crippen LogP contribution in [0.25, 0.3) is 11.0 Å². The summed E-state index contributed by atoms with van der Waals surface area (Å²) in [5, 5.41) is 0.475. The number of imidazole rings is 1. The summed E-state index contributed by atoms with van der Waals surface area (Å²) in [6, 6.07) is 16.6. The number of nitrogens with zero attached hydrogens (tertiary/aromatic N) is 3. The van der Waals surface area contributed by atoms with Gasteiger partial charge in [-0.3, -0.25) is 4.79 Å². The van der Waals surface area contributed by atoms with Crippen molar-refractivity contribution in [2.24, 2.45) is 0 Å². The normalized spacial score (nSPS) is 18.0. The predicted molar refractivity (Wildman–Crippen MR) is 107 cm³/mol. The van der Waals surface area contributed by atoms with E-state index in [0.717, 1.165) is 36.3 Å². The minimum absolute atomic E-state index is 0.180. The van der Waals surface area contributed by atoms with Gasteiger partial charge in [0.25, 0.3) is 0 Å². The fourth-order valence-electron chi connectivity index (χ4n) is 3.60. The minimum Gasteiger partial charge on any atom is -0.340 e. The Bertz CT molecular complexity index is 920. The molecule has 0 spiro atoms. The molecule has 0 N–H and O–H groups in total. The highest BCUT2D eigenvalue weighted by atomic mass is 32.2. The van der Waals surface area contributed by atoms with Gasteiger partial charge in [-0.05, 0) is 36.6 Å². The molecule has 2 heterocycles. The van der Waals surface area contributed by atoms with E-state index in [-0.39, 0.29) is 5.91 Å². The summed E-state index contributed by atoms with van der Waals surface area (Å²) in [5.41, 5.74) is 4.70. The zero-order valence-electron chi connectivity index (χ0n) is 15.0. The van der Waals surface area contributed by atoms with Crippen LogP contribution < -0.4 is 0 Å². The summed E-state index contributed by atoms with van der Waals surface area (Å²) in [4.78, 5) is 19.2. The third-order valence-corrected chi connectivity index (χ3v) is 6.37. The molecule has 1 aliphatic rings. The first-order valence-corrected chi connectivity index (χ1v) is 10.1. The van der Waals surface area contributed by atoms with E-state index in [4.69, 9.17) is 0 Å². The molecule has 0 aliphatic carbocycles. The van der Waals surface area contributed by atoms with Crippen LogP contribution in [0.3, 0.4) is 0 Å². The SMILES string of the molecule is Cc1ccccc1[C@@H]1CCN(C(=O)Cn2cnc3ccccc32)CCS1. The van der Waals surface area contributed by atoms with Crippen LogP contribution in [0.1, 0.15) is 22.8 Å². The lowest BCUT2D eigenvalue weighted by atomic mass is 10.0. The van der Waals surface area contributed by atoms with Gasteiger partial charge < -0.3 is 9.47 Å². The van der Waals surface area contributed by atoms with E-state index >= 15 is 0 Å². The van der Waals surface area contributed by atoms with Crippen molar-refractivity contribution in [1.29, 1.82) is 0 Å². The lowest BCUT2D eigenvalue weighted by molar-refractivity contribution is -0.131. The number of aromatic nitrogens is 2. The molecule has 134 valence electrons. The van der Waals surface area contributed by atoms with Crippen LogP contribution in [-0.2, 0) is 11.3 Å². The molecule has 1 atom stereocenters. The van der Waals surface area contributed by atoms with Crippen molar-refractivity contribution in [3.8, 4) is 0 Å². The van der Waals surface area contributed by atoms with Gasteiger partial charge in [-0.15, -0.1) is 0 Å². The number of thioether (sulfide) groups is 1. The zero-order valence-corrected chi connectivity index (χ0v) is 15.8. The highest BCUT2D eigenvalue weighted by Crippen LogP contribution is 2.35. The lowest BCUT2D eigenvalue weighted by Gasteiger charge is -2.21. The molecule has 1 aromatic heterocycles. The maximum Gasteiger partial charge on any atom is 0.242 e. The molecule has 0 saturated carbocycles. The first-order valence-electron chi connectivity index (χ1n) is 9.07. The minimum atomic E-state index is 0.180. The standard InChI is InChI=1S/C21H23N3OS/c1-16-6-2-3-7-17(16)20-10-11-23(12-13-26-20)21(25)14-24-15-22-18-8-4-5-9-19(18)24/h2-9,15,20H,10-14H2,1H3/t20-/m0/s1. The molecule has 1 fully saturated rings. The van der Waals surface area contributed by atoms with Gasteiger partial charge in [-0.2, -0.15) is 11.8 Å². The maximum atomic E-state index is 12.8. The van der Waals surface area contributed by atoms with Crippen molar-refractivity contribution in [2.75, 3.05) is 18.8 Å². The molecule has 3 aromatic rings. The fourth-order valence-corrected chi connectivity index (χ4v) is 4.92. The molecule has 1 aliphatic heterocycles. The van der Waals surface area contributed by atoms with Crippen LogP contribution in [0.5, 0.6) is 0 Å². The van der Waals surface area contributed by atoms with E-state index in [2.05, 4.69) is 36.2 Å². The van der Waals surface area contributed by atoms with E-state index in [1.54, 1.807) is 6.33 Å². The summed E-state index contributed by atoms with van der Waals surface area (Å²) < 4.78 is 1.95. The molecule has 0 bridgehead atoms. The van der Waals surface area contributed by atoms with Crippen molar-refractivity contribution in [1.82, 2.24) is 14.5 Å². The number of fused-ring (bicyclic) bond motifs is 1. The highest BCUT2D eigenvalue weighted by molar-refractivity contribution is 7.99. The van der Waals surface area contributed by atoms with Crippen LogP contribution in [0, 0.1) is 6.92 Å². The Morgan fingerprint density at radius 1 is 1.15 bits per heavy atom. The number of benzene rings is 2. The second-order valence-corrected chi connectivity index (χ2v) is 8.06. The Morgan fingerprint density at radius 3 is 2.85 bits per heavy atom. The highest BCUT2D eigenvalue weighted by Gasteiger charge is 2.23. The van der Waals surface area contributed by atoms with Crippen LogP contribution >= 0.6 is 11.8 Å². The largest absolute Gasteiger partial charge is 0.340 e. The topological polar surface area (TPSA) is 38.1 Å². The van der Waals surface area contributed by atoms with E-state index < -0.39 is 0 Å². The van der Waals surface area contributed by atoms with Gasteiger partial charge in [0.15, 0.2) is 0 Å².